The Morgan fingerprint density at radius 2 is 1.42 bits per heavy atom. The molecule has 1 aliphatic carbocycles. The number of benzene rings is 2. The van der Waals surface area contributed by atoms with E-state index in [4.69, 9.17) is 32.4 Å². The van der Waals surface area contributed by atoms with Gasteiger partial charge in [0.1, 0.15) is 0 Å². The van der Waals surface area contributed by atoms with E-state index in [0.717, 1.165) is 0 Å². The van der Waals surface area contributed by atoms with E-state index in [1.165, 1.54) is 11.3 Å². The van der Waals surface area contributed by atoms with Crippen molar-refractivity contribution in [1.82, 2.24) is 5.32 Å². The van der Waals surface area contributed by atoms with Crippen molar-refractivity contribution in [3.63, 3.8) is 0 Å². The fourth-order valence-corrected chi connectivity index (χ4v) is 5.88. The van der Waals surface area contributed by atoms with Crippen LogP contribution in [0.1, 0.15) is 47.9 Å². The molecule has 0 saturated heterocycles. The summed E-state index contributed by atoms with van der Waals surface area (Å²) in [5.74, 6) is -0.858. The smallest absolute Gasteiger partial charge is 0.261 e. The number of fused-ring (bicyclic) bond motifs is 3. The first-order chi connectivity index (χ1) is 20.9. The Morgan fingerprint density at radius 3 is 2.00 bits per heavy atom. The van der Waals surface area contributed by atoms with Gasteiger partial charge in [0.15, 0.2) is 17.5 Å². The van der Waals surface area contributed by atoms with Gasteiger partial charge in [-0.05, 0) is 12.5 Å². The van der Waals surface area contributed by atoms with Crippen LogP contribution >= 0.6 is 11.3 Å². The molecule has 4 rings (SSSR count). The topological polar surface area (TPSA) is 222 Å². The van der Waals surface area contributed by atoms with Gasteiger partial charge in [-0.3, -0.25) is 19.4 Å². The summed E-state index contributed by atoms with van der Waals surface area (Å²) in [6.45, 7) is 3.66. The lowest BCUT2D eigenvalue weighted by Gasteiger charge is -2.25. The Kier molecular flexibility index (Phi) is 11.4. The van der Waals surface area contributed by atoms with E-state index in [1.54, 1.807) is 30.3 Å². The molecule has 0 bridgehead atoms. The van der Waals surface area contributed by atoms with Gasteiger partial charge >= 0.3 is 0 Å². The summed E-state index contributed by atoms with van der Waals surface area (Å²) < 4.78 is 11.7. The molecule has 0 radical (unpaired) electrons. The molecule has 2 aromatic carbocycles. The van der Waals surface area contributed by atoms with Crippen molar-refractivity contribution in [2.45, 2.75) is 6.42 Å². The molecule has 0 spiro atoms. The number of carbonyl (C=O) groups excluding carboxylic acids is 3. The molecule has 43 heavy (non-hydrogen) atoms. The number of hydrogen-bond acceptors (Lipinski definition) is 11. The third-order valence-electron chi connectivity index (χ3n) is 6.61. The Balaban J connectivity index is 1.79. The van der Waals surface area contributed by atoms with Gasteiger partial charge in [-0.15, -0.1) is 11.3 Å². The van der Waals surface area contributed by atoms with Crippen LogP contribution in [0.4, 0.5) is 11.4 Å². The minimum Gasteiger partial charge on any atom is -0.382 e. The highest BCUT2D eigenvalue weighted by Gasteiger charge is 2.36. The number of hydrogen-bond donors (Lipinski definition) is 7. The number of carbonyl (C=O) groups is 3. The Hall–Kier alpha value is -4.08. The van der Waals surface area contributed by atoms with E-state index in [0.29, 0.717) is 110 Å². The van der Waals surface area contributed by atoms with Gasteiger partial charge in [-0.2, -0.15) is 0 Å². The molecular formula is C29H38N8O5S. The average molecular weight is 611 g/mol. The second kappa shape index (κ2) is 15.4. The molecule has 13 nitrogen and oxygen atoms in total. The average Bonchev–Trinajstić information content (AvgIpc) is 3.45. The molecule has 0 atom stereocenters. The van der Waals surface area contributed by atoms with Crippen molar-refractivity contribution in [2.24, 2.45) is 27.9 Å². The lowest BCUT2D eigenvalue weighted by Crippen LogP contribution is -2.26. The molecule has 14 heteroatoms. The summed E-state index contributed by atoms with van der Waals surface area (Å²) in [6, 6.07) is 8.51. The molecule has 3 aromatic rings. The largest absolute Gasteiger partial charge is 0.382 e. The number of nitrogens with zero attached hydrogens (tertiary/aromatic N) is 1. The number of anilines is 2. The number of nitrogens with one attached hydrogen (secondary N) is 3. The van der Waals surface area contributed by atoms with Gasteiger partial charge < -0.3 is 48.4 Å². The number of aliphatic imine (C=N–C) groups is 1. The monoisotopic (exact) mass is 610 g/mol. The van der Waals surface area contributed by atoms with Crippen LogP contribution in [0.3, 0.4) is 0 Å². The van der Waals surface area contributed by atoms with E-state index in [2.05, 4.69) is 20.9 Å². The zero-order valence-corrected chi connectivity index (χ0v) is 24.7. The van der Waals surface area contributed by atoms with Gasteiger partial charge in [0, 0.05) is 55.8 Å². The number of ketones is 2. The van der Waals surface area contributed by atoms with Crippen molar-refractivity contribution in [3.05, 3.63) is 57.5 Å². The number of guanidine groups is 1. The predicted molar refractivity (Wildman–Crippen MR) is 169 cm³/mol. The first-order valence-corrected chi connectivity index (χ1v) is 14.9. The van der Waals surface area contributed by atoms with Crippen molar-refractivity contribution in [1.29, 1.82) is 0 Å². The van der Waals surface area contributed by atoms with Crippen LogP contribution < -0.4 is 38.9 Å². The Bertz CT molecular complexity index is 1410. The third kappa shape index (κ3) is 7.47. The summed E-state index contributed by atoms with van der Waals surface area (Å²) in [7, 11) is 0. The normalized spacial score (nSPS) is 12.1. The second-order valence-corrected chi connectivity index (χ2v) is 10.7. The third-order valence-corrected chi connectivity index (χ3v) is 7.76. The molecule has 0 fully saturated rings. The van der Waals surface area contributed by atoms with Crippen molar-refractivity contribution >= 4 is 56.2 Å². The van der Waals surface area contributed by atoms with Crippen molar-refractivity contribution in [3.8, 4) is 0 Å². The predicted octanol–water partition coefficient (Wildman–Crippen LogP) is 0.844. The summed E-state index contributed by atoms with van der Waals surface area (Å²) >= 11 is 1.23. The van der Waals surface area contributed by atoms with Gasteiger partial charge in [0.2, 0.25) is 0 Å². The molecule has 0 aliphatic heterocycles. The number of amides is 1. The maximum Gasteiger partial charge on any atom is 0.261 e. The fourth-order valence-electron chi connectivity index (χ4n) is 4.77. The van der Waals surface area contributed by atoms with Gasteiger partial charge in [-0.25, -0.2) is 0 Å². The minimum absolute atomic E-state index is 0.00652. The van der Waals surface area contributed by atoms with E-state index in [-0.39, 0.29) is 34.6 Å². The number of rotatable bonds is 17. The van der Waals surface area contributed by atoms with Crippen LogP contribution in [-0.2, 0) is 9.47 Å². The van der Waals surface area contributed by atoms with Crippen molar-refractivity contribution < 1.29 is 23.9 Å². The molecular weight excluding hydrogens is 572 g/mol. The van der Waals surface area contributed by atoms with E-state index in [9.17, 15) is 14.4 Å². The number of thiophene rings is 1. The zero-order chi connectivity index (χ0) is 30.8. The molecule has 1 heterocycles. The first-order valence-electron chi connectivity index (χ1n) is 14.1. The maximum absolute atomic E-state index is 14.0. The summed E-state index contributed by atoms with van der Waals surface area (Å²) in [6.07, 6.45) is 0.551. The molecule has 1 amide bonds. The van der Waals surface area contributed by atoms with Gasteiger partial charge in [0.05, 0.1) is 58.5 Å². The van der Waals surface area contributed by atoms with Crippen LogP contribution in [0.25, 0.3) is 10.1 Å². The van der Waals surface area contributed by atoms with Crippen LogP contribution in [0, 0.1) is 0 Å². The SMILES string of the molecule is NCCOCCNc1c2c(c(NCCOCCN)c3sc(C(=O)NCCCN=C(N)N)cc13)C(=O)c1ccccc1C2=O. The molecule has 230 valence electrons. The molecule has 1 aromatic heterocycles. The van der Waals surface area contributed by atoms with Crippen LogP contribution in [-0.4, -0.2) is 89.1 Å². The lowest BCUT2D eigenvalue weighted by molar-refractivity contribution is 0.0956. The minimum atomic E-state index is -0.292. The first kappa shape index (κ1) is 31.8. The second-order valence-electron chi connectivity index (χ2n) is 9.63. The van der Waals surface area contributed by atoms with Crippen LogP contribution in [0.5, 0.6) is 0 Å². The van der Waals surface area contributed by atoms with Crippen molar-refractivity contribution in [2.75, 3.05) is 76.3 Å². The summed E-state index contributed by atoms with van der Waals surface area (Å²) in [5, 5.41) is 10.2. The summed E-state index contributed by atoms with van der Waals surface area (Å²) in [5.41, 5.74) is 23.9. The number of ether oxygens (including phenoxy) is 2. The standard InChI is InChI=1S/C29H38N8O5S/c30-6-12-41-14-10-34-23-19-16-20(28(40)36-8-3-9-37-29(32)33)43-27(19)24(35-11-15-42-13-7-31)22-21(23)25(38)17-4-1-2-5-18(17)26(22)39/h1-2,4-5,16,34-35H,3,6-15,30-31H2,(H,36,40)(H4,32,33,37). The van der Waals surface area contributed by atoms with E-state index >= 15 is 0 Å². The van der Waals surface area contributed by atoms with Gasteiger partial charge in [0.25, 0.3) is 5.91 Å². The Labute approximate surface area is 253 Å². The lowest BCUT2D eigenvalue weighted by atomic mass is 9.81. The highest BCUT2D eigenvalue weighted by Crippen LogP contribution is 2.46. The fraction of sp³-hybridized carbons (Fsp3) is 0.379. The van der Waals surface area contributed by atoms with E-state index < -0.39 is 0 Å². The Morgan fingerprint density at radius 1 is 0.837 bits per heavy atom. The zero-order valence-electron chi connectivity index (χ0n) is 23.9. The highest BCUT2D eigenvalue weighted by molar-refractivity contribution is 7.21. The van der Waals surface area contributed by atoms with Gasteiger partial charge in [-0.1, -0.05) is 24.3 Å². The summed E-state index contributed by atoms with van der Waals surface area (Å²) in [4.78, 5) is 45.6. The quantitative estimate of drug-likeness (QED) is 0.0384. The molecule has 1 aliphatic rings. The molecule has 11 N–H and O–H groups in total. The highest BCUT2D eigenvalue weighted by atomic mass is 32.1. The maximum atomic E-state index is 14.0. The number of nitrogens with two attached hydrogens (primary N) is 4. The van der Waals surface area contributed by atoms with Crippen LogP contribution in [0.2, 0.25) is 0 Å². The molecule has 0 saturated carbocycles. The van der Waals surface area contributed by atoms with Crippen LogP contribution in [0.15, 0.2) is 35.3 Å². The molecule has 0 unspecified atom stereocenters. The van der Waals surface area contributed by atoms with E-state index in [1.807, 2.05) is 0 Å².